The van der Waals surface area contributed by atoms with Crippen LogP contribution in [0.3, 0.4) is 0 Å². The van der Waals surface area contributed by atoms with E-state index in [1.54, 1.807) is 25.3 Å². The van der Waals surface area contributed by atoms with Crippen LogP contribution in [0.25, 0.3) is 0 Å². The van der Waals surface area contributed by atoms with Crippen molar-refractivity contribution in [3.8, 4) is 11.5 Å². The molecule has 7 heteroatoms. The minimum atomic E-state index is -0.652. The fraction of sp³-hybridized carbons (Fsp3) is 0.304. The van der Waals surface area contributed by atoms with Gasteiger partial charge in [0, 0.05) is 5.70 Å². The van der Waals surface area contributed by atoms with Gasteiger partial charge in [-0.1, -0.05) is 42.8 Å². The minimum Gasteiger partial charge on any atom is -0.493 e. The number of rotatable bonds is 7. The van der Waals surface area contributed by atoms with E-state index in [4.69, 9.17) is 14.2 Å². The predicted molar refractivity (Wildman–Crippen MR) is 112 cm³/mol. The van der Waals surface area contributed by atoms with E-state index in [9.17, 15) is 9.59 Å². The van der Waals surface area contributed by atoms with E-state index in [1.165, 1.54) is 12.7 Å². The van der Waals surface area contributed by atoms with E-state index >= 15 is 0 Å². The van der Waals surface area contributed by atoms with Crippen LogP contribution in [0.5, 0.6) is 11.5 Å². The number of urea groups is 1. The Morgan fingerprint density at radius 1 is 1.07 bits per heavy atom. The molecule has 0 aromatic heterocycles. The molecule has 0 saturated heterocycles. The van der Waals surface area contributed by atoms with Crippen molar-refractivity contribution >= 4 is 12.0 Å². The fourth-order valence-corrected chi connectivity index (χ4v) is 3.33. The summed E-state index contributed by atoms with van der Waals surface area (Å²) in [5.74, 6) is 0.582. The SMILES string of the molecule is CCC1=C(C(=O)OC)C(c2ccc(OCc3ccc(C)cc3)c(OC)c2)NC(=O)N1. The van der Waals surface area contributed by atoms with Gasteiger partial charge < -0.3 is 24.8 Å². The van der Waals surface area contributed by atoms with E-state index in [2.05, 4.69) is 10.6 Å². The van der Waals surface area contributed by atoms with Gasteiger partial charge in [0.15, 0.2) is 11.5 Å². The zero-order valence-corrected chi connectivity index (χ0v) is 17.6. The van der Waals surface area contributed by atoms with Crippen LogP contribution in [0.1, 0.15) is 36.1 Å². The van der Waals surface area contributed by atoms with Crippen molar-refractivity contribution in [1.29, 1.82) is 0 Å². The van der Waals surface area contributed by atoms with Crippen LogP contribution in [-0.2, 0) is 16.1 Å². The van der Waals surface area contributed by atoms with E-state index in [0.717, 1.165) is 5.56 Å². The molecule has 0 spiro atoms. The summed E-state index contributed by atoms with van der Waals surface area (Å²) in [5, 5.41) is 5.48. The molecule has 0 saturated carbocycles. The van der Waals surface area contributed by atoms with Gasteiger partial charge in [-0.25, -0.2) is 9.59 Å². The Morgan fingerprint density at radius 2 is 1.80 bits per heavy atom. The summed E-state index contributed by atoms with van der Waals surface area (Å²) in [6.07, 6.45) is 0.489. The van der Waals surface area contributed by atoms with Crippen molar-refractivity contribution in [1.82, 2.24) is 10.6 Å². The number of nitrogens with one attached hydrogen (secondary N) is 2. The van der Waals surface area contributed by atoms with Crippen LogP contribution in [0, 0.1) is 6.92 Å². The first kappa shape index (κ1) is 21.2. The molecular formula is C23H26N2O5. The Hall–Kier alpha value is -3.48. The number of ether oxygens (including phenoxy) is 3. The summed E-state index contributed by atoms with van der Waals surface area (Å²) < 4.78 is 16.4. The third-order valence-corrected chi connectivity index (χ3v) is 4.95. The van der Waals surface area contributed by atoms with Gasteiger partial charge in [-0.2, -0.15) is 0 Å². The molecule has 1 unspecified atom stereocenters. The molecule has 7 nitrogen and oxygen atoms in total. The lowest BCUT2D eigenvalue weighted by Gasteiger charge is -2.29. The summed E-state index contributed by atoms with van der Waals surface area (Å²) in [5.41, 5.74) is 3.83. The third kappa shape index (κ3) is 4.56. The highest BCUT2D eigenvalue weighted by atomic mass is 16.5. The van der Waals surface area contributed by atoms with E-state index in [1.807, 2.05) is 38.1 Å². The number of aryl methyl sites for hydroxylation is 1. The van der Waals surface area contributed by atoms with Gasteiger partial charge in [0.2, 0.25) is 0 Å². The Kier molecular flexibility index (Phi) is 6.61. The number of hydrogen-bond acceptors (Lipinski definition) is 5. The standard InChI is InChI=1S/C23H26N2O5/c1-5-17-20(22(26)29-4)21(25-23(27)24-17)16-10-11-18(19(12-16)28-3)30-13-15-8-6-14(2)7-9-15/h6-12,21H,5,13H2,1-4H3,(H2,24,25,27). The molecule has 30 heavy (non-hydrogen) atoms. The molecule has 0 bridgehead atoms. The summed E-state index contributed by atoms with van der Waals surface area (Å²) in [4.78, 5) is 24.5. The second-order valence-corrected chi connectivity index (χ2v) is 6.95. The number of benzene rings is 2. The zero-order chi connectivity index (χ0) is 21.7. The van der Waals surface area contributed by atoms with Gasteiger partial charge in [0.05, 0.1) is 25.8 Å². The number of allylic oxidation sites excluding steroid dienone is 1. The van der Waals surface area contributed by atoms with Crippen molar-refractivity contribution in [3.63, 3.8) is 0 Å². The first-order chi connectivity index (χ1) is 14.5. The maximum Gasteiger partial charge on any atom is 0.337 e. The van der Waals surface area contributed by atoms with Crippen LogP contribution in [0.15, 0.2) is 53.7 Å². The number of amides is 2. The third-order valence-electron chi connectivity index (χ3n) is 4.95. The Balaban J connectivity index is 1.89. The molecule has 1 heterocycles. The van der Waals surface area contributed by atoms with Gasteiger partial charge in [0.1, 0.15) is 6.61 Å². The van der Waals surface area contributed by atoms with Gasteiger partial charge in [-0.15, -0.1) is 0 Å². The van der Waals surface area contributed by atoms with Crippen molar-refractivity contribution in [3.05, 3.63) is 70.4 Å². The highest BCUT2D eigenvalue weighted by Crippen LogP contribution is 2.35. The van der Waals surface area contributed by atoms with Crippen LogP contribution in [-0.4, -0.2) is 26.2 Å². The van der Waals surface area contributed by atoms with Crippen LogP contribution < -0.4 is 20.1 Å². The molecule has 0 fully saturated rings. The lowest BCUT2D eigenvalue weighted by molar-refractivity contribution is -0.136. The monoisotopic (exact) mass is 410 g/mol. The summed E-state index contributed by atoms with van der Waals surface area (Å²) >= 11 is 0. The molecule has 2 N–H and O–H groups in total. The lowest BCUT2D eigenvalue weighted by atomic mass is 9.94. The highest BCUT2D eigenvalue weighted by Gasteiger charge is 2.33. The smallest absolute Gasteiger partial charge is 0.337 e. The van der Waals surface area contributed by atoms with Crippen LogP contribution in [0.2, 0.25) is 0 Å². The number of carbonyl (C=O) groups excluding carboxylic acids is 2. The molecule has 1 atom stereocenters. The summed E-state index contributed by atoms with van der Waals surface area (Å²) in [7, 11) is 2.87. The second-order valence-electron chi connectivity index (χ2n) is 6.95. The Labute approximate surface area is 176 Å². The van der Waals surface area contributed by atoms with E-state index in [0.29, 0.717) is 41.4 Å². The quantitative estimate of drug-likeness (QED) is 0.679. The van der Waals surface area contributed by atoms with Crippen molar-refractivity contribution in [2.75, 3.05) is 14.2 Å². The second kappa shape index (κ2) is 9.35. The molecule has 2 amide bonds. The number of carbonyl (C=O) groups is 2. The van der Waals surface area contributed by atoms with E-state index < -0.39 is 12.0 Å². The molecule has 0 radical (unpaired) electrons. The molecule has 158 valence electrons. The summed E-state index contributed by atoms with van der Waals surface area (Å²) in [6, 6.07) is 12.4. The normalized spacial score (nSPS) is 15.9. The zero-order valence-electron chi connectivity index (χ0n) is 17.6. The number of methoxy groups -OCH3 is 2. The van der Waals surface area contributed by atoms with Gasteiger partial charge in [-0.3, -0.25) is 0 Å². The molecule has 2 aromatic rings. The van der Waals surface area contributed by atoms with Crippen molar-refractivity contribution < 1.29 is 23.8 Å². The Morgan fingerprint density at radius 3 is 2.43 bits per heavy atom. The van der Waals surface area contributed by atoms with Crippen molar-refractivity contribution in [2.45, 2.75) is 32.9 Å². The molecule has 1 aliphatic heterocycles. The maximum atomic E-state index is 12.4. The Bertz CT molecular complexity index is 966. The minimum absolute atomic E-state index is 0.370. The van der Waals surface area contributed by atoms with Gasteiger partial charge in [0.25, 0.3) is 0 Å². The molecule has 2 aromatic carbocycles. The topological polar surface area (TPSA) is 85.9 Å². The maximum absolute atomic E-state index is 12.4. The first-order valence-electron chi connectivity index (χ1n) is 9.72. The van der Waals surface area contributed by atoms with Crippen LogP contribution in [0.4, 0.5) is 4.79 Å². The fourth-order valence-electron chi connectivity index (χ4n) is 3.33. The van der Waals surface area contributed by atoms with Gasteiger partial charge in [-0.05, 0) is 36.6 Å². The molecule has 0 aliphatic carbocycles. The predicted octanol–water partition coefficient (Wildman–Crippen LogP) is 3.77. The molecular weight excluding hydrogens is 384 g/mol. The average molecular weight is 410 g/mol. The van der Waals surface area contributed by atoms with Crippen LogP contribution >= 0.6 is 0 Å². The first-order valence-corrected chi connectivity index (χ1v) is 9.72. The van der Waals surface area contributed by atoms with Crippen molar-refractivity contribution in [2.24, 2.45) is 0 Å². The number of hydrogen-bond donors (Lipinski definition) is 2. The highest BCUT2D eigenvalue weighted by molar-refractivity contribution is 5.95. The molecule has 3 rings (SSSR count). The largest absolute Gasteiger partial charge is 0.493 e. The van der Waals surface area contributed by atoms with E-state index in [-0.39, 0.29) is 6.03 Å². The average Bonchev–Trinajstić information content (AvgIpc) is 2.77. The molecule has 1 aliphatic rings. The summed E-state index contributed by atoms with van der Waals surface area (Å²) in [6.45, 7) is 4.30. The number of esters is 1. The van der Waals surface area contributed by atoms with Gasteiger partial charge >= 0.3 is 12.0 Å². The lowest BCUT2D eigenvalue weighted by Crippen LogP contribution is -2.45.